The Bertz CT molecular complexity index is 518. The maximum Gasteiger partial charge on any atom is 0.223 e. The molecule has 1 aliphatic carbocycles. The second kappa shape index (κ2) is 5.11. The molecular weight excluding hydrogens is 252 g/mol. The van der Waals surface area contributed by atoms with E-state index < -0.39 is 0 Å². The first-order chi connectivity index (χ1) is 9.19. The van der Waals surface area contributed by atoms with Gasteiger partial charge >= 0.3 is 0 Å². The number of amidine groups is 1. The monoisotopic (exact) mass is 278 g/mol. The molecule has 0 bridgehead atoms. The first kappa shape index (κ1) is 14.9. The Labute approximate surface area is 121 Å². The van der Waals surface area contributed by atoms with Gasteiger partial charge in [0.1, 0.15) is 17.5 Å². The van der Waals surface area contributed by atoms with Crippen molar-refractivity contribution in [2.24, 2.45) is 24.1 Å². The number of hydrogen-bond donors (Lipinski definition) is 2. The third kappa shape index (κ3) is 2.97. The zero-order chi connectivity index (χ0) is 15.1. The quantitative estimate of drug-likeness (QED) is 0.659. The molecule has 1 saturated carbocycles. The van der Waals surface area contributed by atoms with Gasteiger partial charge in [-0.05, 0) is 37.5 Å². The minimum Gasteiger partial charge on any atom is -0.474 e. The molecular formula is C15H26N4O. The summed E-state index contributed by atoms with van der Waals surface area (Å²) < 4.78 is 7.88. The van der Waals surface area contributed by atoms with Crippen molar-refractivity contribution in [3.63, 3.8) is 0 Å². The average molecular weight is 278 g/mol. The predicted octanol–water partition coefficient (Wildman–Crippen LogP) is 2.61. The summed E-state index contributed by atoms with van der Waals surface area (Å²) >= 11 is 0. The van der Waals surface area contributed by atoms with Crippen molar-refractivity contribution >= 4 is 5.84 Å². The molecule has 1 aromatic rings. The first-order valence-corrected chi connectivity index (χ1v) is 7.24. The van der Waals surface area contributed by atoms with Crippen LogP contribution in [-0.4, -0.2) is 21.7 Å². The van der Waals surface area contributed by atoms with Crippen molar-refractivity contribution < 1.29 is 4.74 Å². The molecule has 1 heterocycles. The average Bonchev–Trinajstić information content (AvgIpc) is 2.50. The van der Waals surface area contributed by atoms with E-state index in [1.807, 2.05) is 14.0 Å². The lowest BCUT2D eigenvalue weighted by atomic mass is 9.71. The fourth-order valence-electron chi connectivity index (χ4n) is 3.59. The molecule has 5 nitrogen and oxygen atoms in total. The Morgan fingerprint density at radius 2 is 2.10 bits per heavy atom. The van der Waals surface area contributed by atoms with Crippen LogP contribution in [0.5, 0.6) is 5.88 Å². The van der Waals surface area contributed by atoms with Crippen LogP contribution in [0.25, 0.3) is 0 Å². The molecule has 0 aliphatic heterocycles. The van der Waals surface area contributed by atoms with Crippen LogP contribution in [0.2, 0.25) is 0 Å². The summed E-state index contributed by atoms with van der Waals surface area (Å²) in [6.07, 6.45) is 3.47. The van der Waals surface area contributed by atoms with Gasteiger partial charge in [-0.1, -0.05) is 20.8 Å². The van der Waals surface area contributed by atoms with Gasteiger partial charge in [-0.15, -0.1) is 0 Å². The molecule has 3 N–H and O–H groups in total. The molecule has 2 unspecified atom stereocenters. The molecule has 0 spiro atoms. The molecule has 1 aliphatic rings. The molecule has 1 aromatic heterocycles. The molecule has 0 amide bonds. The molecule has 0 aromatic carbocycles. The summed E-state index contributed by atoms with van der Waals surface area (Å²) in [7, 11) is 1.84. The number of rotatable bonds is 3. The Morgan fingerprint density at radius 1 is 1.45 bits per heavy atom. The van der Waals surface area contributed by atoms with E-state index in [1.54, 1.807) is 4.68 Å². The zero-order valence-electron chi connectivity index (χ0n) is 13.2. The summed E-state index contributed by atoms with van der Waals surface area (Å²) in [6.45, 7) is 8.72. The van der Waals surface area contributed by atoms with E-state index in [0.717, 1.165) is 18.5 Å². The van der Waals surface area contributed by atoms with E-state index in [-0.39, 0.29) is 11.9 Å². The second-order valence-electron chi connectivity index (χ2n) is 6.96. The number of nitrogens with zero attached hydrogens (tertiary/aromatic N) is 2. The third-order valence-electron chi connectivity index (χ3n) is 4.06. The van der Waals surface area contributed by atoms with Gasteiger partial charge < -0.3 is 10.5 Å². The van der Waals surface area contributed by atoms with Gasteiger partial charge in [-0.3, -0.25) is 5.41 Å². The smallest absolute Gasteiger partial charge is 0.223 e. The van der Waals surface area contributed by atoms with Crippen molar-refractivity contribution in [1.82, 2.24) is 9.78 Å². The Kier molecular flexibility index (Phi) is 3.80. The predicted molar refractivity (Wildman–Crippen MR) is 80.2 cm³/mol. The minimum atomic E-state index is 0.0220. The highest BCUT2D eigenvalue weighted by molar-refractivity contribution is 5.98. The summed E-state index contributed by atoms with van der Waals surface area (Å²) in [6, 6.07) is 0. The van der Waals surface area contributed by atoms with E-state index in [2.05, 4.69) is 25.9 Å². The van der Waals surface area contributed by atoms with Gasteiger partial charge in [0, 0.05) is 7.05 Å². The number of aryl methyl sites for hydroxylation is 2. The van der Waals surface area contributed by atoms with Gasteiger partial charge in [-0.2, -0.15) is 5.10 Å². The number of hydrogen-bond acceptors (Lipinski definition) is 3. The maximum atomic E-state index is 7.71. The second-order valence-corrected chi connectivity index (χ2v) is 6.96. The maximum absolute atomic E-state index is 7.71. The van der Waals surface area contributed by atoms with Crippen LogP contribution in [-0.2, 0) is 7.05 Å². The number of aromatic nitrogens is 2. The van der Waals surface area contributed by atoms with Gasteiger partial charge in [0.25, 0.3) is 0 Å². The molecule has 0 radical (unpaired) electrons. The molecule has 20 heavy (non-hydrogen) atoms. The zero-order valence-corrected chi connectivity index (χ0v) is 13.2. The minimum absolute atomic E-state index is 0.0220. The highest BCUT2D eigenvalue weighted by Gasteiger charge is 2.34. The fraction of sp³-hybridized carbons (Fsp3) is 0.733. The highest BCUT2D eigenvalue weighted by Crippen LogP contribution is 2.40. The normalized spacial score (nSPS) is 25.4. The van der Waals surface area contributed by atoms with Crippen LogP contribution in [0.3, 0.4) is 0 Å². The van der Waals surface area contributed by atoms with E-state index in [1.165, 1.54) is 6.42 Å². The summed E-state index contributed by atoms with van der Waals surface area (Å²) in [5, 5.41) is 12.0. The third-order valence-corrected chi connectivity index (χ3v) is 4.06. The Balaban J connectivity index is 2.24. The van der Waals surface area contributed by atoms with Crippen LogP contribution in [0, 0.1) is 23.7 Å². The number of nitrogens with one attached hydrogen (secondary N) is 1. The van der Waals surface area contributed by atoms with Crippen LogP contribution in [0.15, 0.2) is 0 Å². The molecule has 0 saturated heterocycles. The van der Waals surface area contributed by atoms with Crippen LogP contribution in [0.4, 0.5) is 0 Å². The van der Waals surface area contributed by atoms with Crippen LogP contribution in [0.1, 0.15) is 51.3 Å². The number of ether oxygens (including phenoxy) is 1. The van der Waals surface area contributed by atoms with Gasteiger partial charge in [0.2, 0.25) is 5.88 Å². The number of nitrogens with two attached hydrogens (primary N) is 1. The van der Waals surface area contributed by atoms with Gasteiger partial charge in [0.05, 0.1) is 5.69 Å². The van der Waals surface area contributed by atoms with Crippen molar-refractivity contribution in [2.75, 3.05) is 0 Å². The molecule has 1 fully saturated rings. The lowest BCUT2D eigenvalue weighted by Gasteiger charge is -2.38. The molecule has 112 valence electrons. The first-order valence-electron chi connectivity index (χ1n) is 7.24. The lowest BCUT2D eigenvalue weighted by Crippen LogP contribution is -2.35. The van der Waals surface area contributed by atoms with E-state index in [4.69, 9.17) is 15.9 Å². The van der Waals surface area contributed by atoms with Crippen molar-refractivity contribution in [2.45, 2.75) is 53.1 Å². The Hall–Kier alpha value is -1.52. The van der Waals surface area contributed by atoms with Gasteiger partial charge in [-0.25, -0.2) is 4.68 Å². The molecule has 2 rings (SSSR count). The van der Waals surface area contributed by atoms with E-state index in [0.29, 0.717) is 22.8 Å². The summed E-state index contributed by atoms with van der Waals surface area (Å²) in [5.74, 6) is 1.30. The SMILES string of the molecule is Cc1nn(C)c(OC2CC(C)CC(C)(C)C2)c1C(=N)N. The van der Waals surface area contributed by atoms with Gasteiger partial charge in [0.15, 0.2) is 0 Å². The lowest BCUT2D eigenvalue weighted by molar-refractivity contribution is 0.0503. The summed E-state index contributed by atoms with van der Waals surface area (Å²) in [5.41, 5.74) is 7.34. The topological polar surface area (TPSA) is 76.9 Å². The van der Waals surface area contributed by atoms with Crippen molar-refractivity contribution in [3.8, 4) is 5.88 Å². The van der Waals surface area contributed by atoms with Crippen LogP contribution < -0.4 is 10.5 Å². The van der Waals surface area contributed by atoms with Crippen LogP contribution >= 0.6 is 0 Å². The number of nitrogen functional groups attached to an aromatic ring is 1. The van der Waals surface area contributed by atoms with Crippen molar-refractivity contribution in [1.29, 1.82) is 5.41 Å². The van der Waals surface area contributed by atoms with Crippen molar-refractivity contribution in [3.05, 3.63) is 11.3 Å². The largest absolute Gasteiger partial charge is 0.474 e. The Morgan fingerprint density at radius 3 is 2.65 bits per heavy atom. The highest BCUT2D eigenvalue weighted by atomic mass is 16.5. The molecule has 5 heteroatoms. The van der Waals surface area contributed by atoms with E-state index >= 15 is 0 Å². The van der Waals surface area contributed by atoms with E-state index in [9.17, 15) is 0 Å². The fourth-order valence-corrected chi connectivity index (χ4v) is 3.59. The summed E-state index contributed by atoms with van der Waals surface area (Å²) in [4.78, 5) is 0. The standard InChI is InChI=1S/C15H26N4O/c1-9-6-11(8-15(3,4)7-9)20-14-12(13(16)17)10(2)18-19(14)5/h9,11H,6-8H2,1-5H3,(H3,16,17). The molecule has 2 atom stereocenters.